The summed E-state index contributed by atoms with van der Waals surface area (Å²) in [6, 6.07) is 21.6. The molecule has 5 rings (SSSR count). The lowest BCUT2D eigenvalue weighted by Gasteiger charge is -2.33. The number of carbonyl (C=O) groups is 2. The second-order valence-corrected chi connectivity index (χ2v) is 8.89. The fraction of sp³-hybridized carbons (Fsp3) is 0.200. The van der Waals surface area contributed by atoms with Gasteiger partial charge in [-0.1, -0.05) is 49.4 Å². The molecule has 2 aliphatic rings. The Morgan fingerprint density at radius 3 is 2.52 bits per heavy atom. The van der Waals surface area contributed by atoms with E-state index < -0.39 is 4.87 Å². The standard InChI is InChI=1S/C25H21FN2O2S/c1-2-17-6-5-7-20(14-17)28-23(29)16-31-25(28)21-8-3-4-9-22(21)27(24(25)30)15-18-10-12-19(26)13-11-18/h3-14H,2,15-16H2,1H3/t25-/m1/s1. The highest BCUT2D eigenvalue weighted by Gasteiger charge is 2.60. The molecule has 1 spiro atoms. The van der Waals surface area contributed by atoms with Gasteiger partial charge in [-0.3, -0.25) is 14.5 Å². The van der Waals surface area contributed by atoms with Crippen LogP contribution in [0.2, 0.25) is 0 Å². The number of hydrogen-bond acceptors (Lipinski definition) is 3. The molecule has 0 radical (unpaired) electrons. The molecule has 1 atom stereocenters. The molecule has 4 nitrogen and oxygen atoms in total. The van der Waals surface area contributed by atoms with Gasteiger partial charge < -0.3 is 4.90 Å². The lowest BCUT2D eigenvalue weighted by molar-refractivity contribution is -0.123. The van der Waals surface area contributed by atoms with Crippen LogP contribution in [-0.2, 0) is 27.4 Å². The Bertz CT molecular complexity index is 1180. The lowest BCUT2D eigenvalue weighted by atomic mass is 10.0. The third-order valence-electron chi connectivity index (χ3n) is 5.89. The average molecular weight is 433 g/mol. The van der Waals surface area contributed by atoms with Gasteiger partial charge in [-0.25, -0.2) is 4.39 Å². The van der Waals surface area contributed by atoms with Gasteiger partial charge in [0.25, 0.3) is 5.91 Å². The highest BCUT2D eigenvalue weighted by Crippen LogP contribution is 2.55. The molecule has 2 heterocycles. The van der Waals surface area contributed by atoms with Crippen LogP contribution in [-0.4, -0.2) is 17.6 Å². The van der Waals surface area contributed by atoms with Gasteiger partial charge in [0.1, 0.15) is 5.82 Å². The van der Waals surface area contributed by atoms with Crippen LogP contribution in [0.5, 0.6) is 0 Å². The fourth-order valence-electron chi connectivity index (χ4n) is 4.40. The maximum absolute atomic E-state index is 14.0. The zero-order chi connectivity index (χ0) is 21.6. The summed E-state index contributed by atoms with van der Waals surface area (Å²) in [4.78, 5) is 29.3. The zero-order valence-electron chi connectivity index (χ0n) is 17.0. The molecule has 0 aliphatic carbocycles. The largest absolute Gasteiger partial charge is 0.304 e. The molecule has 156 valence electrons. The molecule has 6 heteroatoms. The summed E-state index contributed by atoms with van der Waals surface area (Å²) in [5, 5.41) is 0. The summed E-state index contributed by atoms with van der Waals surface area (Å²) in [6.45, 7) is 2.38. The highest BCUT2D eigenvalue weighted by atomic mass is 32.2. The smallest absolute Gasteiger partial charge is 0.269 e. The molecule has 0 saturated carbocycles. The van der Waals surface area contributed by atoms with Crippen molar-refractivity contribution < 1.29 is 14.0 Å². The number of carbonyl (C=O) groups excluding carboxylic acids is 2. The summed E-state index contributed by atoms with van der Waals surface area (Å²) in [5.74, 6) is -0.297. The van der Waals surface area contributed by atoms with E-state index in [0.29, 0.717) is 6.54 Å². The molecule has 0 N–H and O–H groups in total. The van der Waals surface area contributed by atoms with Gasteiger partial charge in [-0.2, -0.15) is 0 Å². The number of hydrogen-bond donors (Lipinski definition) is 0. The lowest BCUT2D eigenvalue weighted by Crippen LogP contribution is -2.49. The van der Waals surface area contributed by atoms with E-state index in [-0.39, 0.29) is 23.4 Å². The van der Waals surface area contributed by atoms with Crippen molar-refractivity contribution in [3.8, 4) is 0 Å². The van der Waals surface area contributed by atoms with E-state index in [4.69, 9.17) is 0 Å². The number of rotatable bonds is 4. The number of nitrogens with zero attached hydrogens (tertiary/aromatic N) is 2. The van der Waals surface area contributed by atoms with Crippen molar-refractivity contribution in [1.82, 2.24) is 0 Å². The van der Waals surface area contributed by atoms with E-state index in [1.54, 1.807) is 21.9 Å². The highest BCUT2D eigenvalue weighted by molar-refractivity contribution is 8.02. The van der Waals surface area contributed by atoms with Crippen molar-refractivity contribution in [2.75, 3.05) is 15.6 Å². The first-order chi connectivity index (χ1) is 15.0. The van der Waals surface area contributed by atoms with Crippen LogP contribution in [0.4, 0.5) is 15.8 Å². The third-order valence-corrected chi connectivity index (χ3v) is 7.28. The Labute approximate surface area is 184 Å². The Kier molecular flexibility index (Phi) is 4.82. The first kappa shape index (κ1) is 19.8. The molecular weight excluding hydrogens is 411 g/mol. The first-order valence-corrected chi connectivity index (χ1v) is 11.2. The van der Waals surface area contributed by atoms with E-state index in [1.165, 1.54) is 23.9 Å². The SMILES string of the molecule is CCc1cccc(N2C(=O)CS[C@]23C(=O)N(Cc2ccc(F)cc2)c2ccccc23)c1. The minimum Gasteiger partial charge on any atom is -0.304 e. The van der Waals surface area contributed by atoms with E-state index in [1.807, 2.05) is 48.5 Å². The van der Waals surface area contributed by atoms with E-state index in [0.717, 1.165) is 34.5 Å². The second-order valence-electron chi connectivity index (χ2n) is 7.72. The molecule has 31 heavy (non-hydrogen) atoms. The maximum Gasteiger partial charge on any atom is 0.269 e. The third kappa shape index (κ3) is 3.05. The van der Waals surface area contributed by atoms with Gasteiger partial charge in [0.15, 0.2) is 0 Å². The number of amides is 2. The Balaban J connectivity index is 1.63. The summed E-state index contributed by atoms with van der Waals surface area (Å²) in [6.07, 6.45) is 0.844. The molecular formula is C25H21FN2O2S. The normalized spacial score (nSPS) is 20.1. The predicted molar refractivity (Wildman–Crippen MR) is 121 cm³/mol. The predicted octanol–water partition coefficient (Wildman–Crippen LogP) is 4.87. The molecule has 0 aromatic heterocycles. The number of para-hydroxylation sites is 1. The molecule has 0 bridgehead atoms. The van der Waals surface area contributed by atoms with Gasteiger partial charge >= 0.3 is 0 Å². The summed E-state index contributed by atoms with van der Waals surface area (Å²) in [5.41, 5.74) is 4.28. The summed E-state index contributed by atoms with van der Waals surface area (Å²) < 4.78 is 13.4. The second kappa shape index (κ2) is 7.54. The number of fused-ring (bicyclic) bond motifs is 2. The van der Waals surface area contributed by atoms with E-state index >= 15 is 0 Å². The molecule has 3 aromatic carbocycles. The van der Waals surface area contributed by atoms with Crippen LogP contribution in [0, 0.1) is 5.82 Å². The minimum absolute atomic E-state index is 0.0787. The van der Waals surface area contributed by atoms with Gasteiger partial charge in [-0.15, -0.1) is 11.8 Å². The number of halogens is 1. The van der Waals surface area contributed by atoms with E-state index in [2.05, 4.69) is 6.92 Å². The van der Waals surface area contributed by atoms with Crippen molar-refractivity contribution in [2.24, 2.45) is 0 Å². The molecule has 0 unspecified atom stereocenters. The number of thioether (sulfide) groups is 1. The van der Waals surface area contributed by atoms with Crippen molar-refractivity contribution in [1.29, 1.82) is 0 Å². The van der Waals surface area contributed by atoms with Gasteiger partial charge in [0.2, 0.25) is 10.8 Å². The summed E-state index contributed by atoms with van der Waals surface area (Å²) >= 11 is 1.37. The van der Waals surface area contributed by atoms with Crippen LogP contribution in [0.1, 0.15) is 23.6 Å². The average Bonchev–Trinajstić information content (AvgIpc) is 3.26. The fourth-order valence-corrected chi connectivity index (χ4v) is 5.76. The molecule has 3 aromatic rings. The molecule has 2 aliphatic heterocycles. The number of benzene rings is 3. The molecule has 2 amide bonds. The van der Waals surface area contributed by atoms with Crippen molar-refractivity contribution in [2.45, 2.75) is 24.8 Å². The molecule has 1 saturated heterocycles. The Morgan fingerprint density at radius 1 is 0.968 bits per heavy atom. The summed E-state index contributed by atoms with van der Waals surface area (Å²) in [7, 11) is 0. The van der Waals surface area contributed by atoms with Gasteiger partial charge in [0.05, 0.1) is 18.0 Å². The monoisotopic (exact) mass is 432 g/mol. The first-order valence-electron chi connectivity index (χ1n) is 10.3. The maximum atomic E-state index is 14.0. The van der Waals surface area contributed by atoms with Crippen molar-refractivity contribution in [3.63, 3.8) is 0 Å². The van der Waals surface area contributed by atoms with Crippen LogP contribution in [0.25, 0.3) is 0 Å². The quantitative estimate of drug-likeness (QED) is 0.591. The zero-order valence-corrected chi connectivity index (χ0v) is 17.9. The van der Waals surface area contributed by atoms with Crippen LogP contribution >= 0.6 is 11.8 Å². The van der Waals surface area contributed by atoms with Gasteiger partial charge in [-0.05, 0) is 47.9 Å². The van der Waals surface area contributed by atoms with Gasteiger partial charge in [0, 0.05) is 11.3 Å². The number of aryl methyl sites for hydroxylation is 1. The van der Waals surface area contributed by atoms with Crippen LogP contribution in [0.3, 0.4) is 0 Å². The minimum atomic E-state index is -1.12. The number of anilines is 2. The van der Waals surface area contributed by atoms with Crippen molar-refractivity contribution >= 4 is 35.0 Å². The van der Waals surface area contributed by atoms with Crippen LogP contribution in [0.15, 0.2) is 72.8 Å². The molecule has 1 fully saturated rings. The van der Waals surface area contributed by atoms with Crippen molar-refractivity contribution in [3.05, 3.63) is 95.3 Å². The Morgan fingerprint density at radius 2 is 1.74 bits per heavy atom. The van der Waals surface area contributed by atoms with E-state index in [9.17, 15) is 14.0 Å². The topological polar surface area (TPSA) is 40.6 Å². The Hall–Kier alpha value is -3.12. The van der Waals surface area contributed by atoms with Crippen LogP contribution < -0.4 is 9.80 Å².